The van der Waals surface area contributed by atoms with Crippen LogP contribution in [0.25, 0.3) is 11.1 Å². The average Bonchev–Trinajstić information content (AvgIpc) is 2.76. The molecule has 96 valence electrons. The number of carbonyl (C=O) groups is 1. The summed E-state index contributed by atoms with van der Waals surface area (Å²) in [6.45, 7) is 4.47. The number of aliphatic hydroxyl groups excluding tert-OH is 1. The molecule has 0 fully saturated rings. The fourth-order valence-electron chi connectivity index (χ4n) is 1.77. The smallest absolute Gasteiger partial charge is 0.257 e. The summed E-state index contributed by atoms with van der Waals surface area (Å²) < 4.78 is 4.99. The summed E-state index contributed by atoms with van der Waals surface area (Å²) in [5.74, 6) is -0.151. The number of carbonyl (C=O) groups excluding carboxylic acids is 1. The highest BCUT2D eigenvalue weighted by Crippen LogP contribution is 2.17. The summed E-state index contributed by atoms with van der Waals surface area (Å²) in [5, 5.41) is 13.4. The van der Waals surface area contributed by atoms with Crippen molar-refractivity contribution < 1.29 is 14.4 Å². The van der Waals surface area contributed by atoms with E-state index in [9.17, 15) is 4.79 Å². The third kappa shape index (κ3) is 2.19. The van der Waals surface area contributed by atoms with Crippen LogP contribution in [0.3, 0.4) is 0 Å². The maximum absolute atomic E-state index is 12.2. The molecule has 0 radical (unpaired) electrons. The molecule has 2 rings (SSSR count). The van der Waals surface area contributed by atoms with Crippen molar-refractivity contribution in [3.63, 3.8) is 0 Å². The third-order valence-corrected chi connectivity index (χ3v) is 2.80. The van der Waals surface area contributed by atoms with Crippen molar-refractivity contribution in [2.45, 2.75) is 13.8 Å². The summed E-state index contributed by atoms with van der Waals surface area (Å²) in [6.07, 6.45) is 1.47. The van der Waals surface area contributed by atoms with E-state index >= 15 is 0 Å². The van der Waals surface area contributed by atoms with Crippen molar-refractivity contribution >= 4 is 17.0 Å². The molecule has 0 saturated carbocycles. The second-order valence-electron chi connectivity index (χ2n) is 3.95. The molecular formula is C12H15N3O3. The fraction of sp³-hybridized carbons (Fsp3) is 0.417. The predicted octanol–water partition coefficient (Wildman–Crippen LogP) is 0.986. The van der Waals surface area contributed by atoms with E-state index in [-0.39, 0.29) is 12.5 Å². The minimum absolute atomic E-state index is 0.0540. The zero-order valence-electron chi connectivity index (χ0n) is 10.4. The van der Waals surface area contributed by atoms with Crippen LogP contribution in [0.4, 0.5) is 0 Å². The highest BCUT2D eigenvalue weighted by Gasteiger charge is 2.16. The predicted molar refractivity (Wildman–Crippen MR) is 65.2 cm³/mol. The molecule has 0 bridgehead atoms. The maximum Gasteiger partial charge on any atom is 0.257 e. The van der Waals surface area contributed by atoms with E-state index in [4.69, 9.17) is 9.63 Å². The van der Waals surface area contributed by atoms with Crippen LogP contribution in [0.1, 0.15) is 23.0 Å². The summed E-state index contributed by atoms with van der Waals surface area (Å²) >= 11 is 0. The number of aryl methyl sites for hydroxylation is 1. The molecule has 0 aliphatic heterocycles. The summed E-state index contributed by atoms with van der Waals surface area (Å²) in [6, 6.07) is 1.72. The van der Waals surface area contributed by atoms with Gasteiger partial charge in [-0.15, -0.1) is 0 Å². The zero-order valence-corrected chi connectivity index (χ0v) is 10.4. The number of fused-ring (bicyclic) bond motifs is 1. The number of hydrogen-bond acceptors (Lipinski definition) is 5. The molecule has 1 amide bonds. The normalized spacial score (nSPS) is 10.8. The largest absolute Gasteiger partial charge is 0.395 e. The highest BCUT2D eigenvalue weighted by atomic mass is 16.5. The van der Waals surface area contributed by atoms with Gasteiger partial charge in [-0.05, 0) is 19.9 Å². The number of amides is 1. The lowest BCUT2D eigenvalue weighted by Gasteiger charge is -2.19. The second kappa shape index (κ2) is 5.14. The van der Waals surface area contributed by atoms with Crippen LogP contribution in [0, 0.1) is 6.92 Å². The topological polar surface area (TPSA) is 79.5 Å². The van der Waals surface area contributed by atoms with Gasteiger partial charge in [0.15, 0.2) is 0 Å². The van der Waals surface area contributed by atoms with Crippen molar-refractivity contribution in [3.8, 4) is 0 Å². The maximum atomic E-state index is 12.2. The number of hydrogen-bond donors (Lipinski definition) is 1. The number of likely N-dealkylation sites (N-methyl/N-ethyl adjacent to an activating group) is 1. The minimum Gasteiger partial charge on any atom is -0.395 e. The quantitative estimate of drug-likeness (QED) is 0.873. The van der Waals surface area contributed by atoms with E-state index in [1.807, 2.05) is 6.92 Å². The van der Waals surface area contributed by atoms with Gasteiger partial charge in [0.05, 0.1) is 23.3 Å². The lowest BCUT2D eigenvalue weighted by molar-refractivity contribution is 0.0732. The molecule has 0 saturated heterocycles. The molecule has 0 aromatic carbocycles. The Kier molecular flexibility index (Phi) is 3.57. The van der Waals surface area contributed by atoms with Gasteiger partial charge >= 0.3 is 0 Å². The first-order chi connectivity index (χ1) is 8.67. The molecule has 0 aliphatic rings. The SMILES string of the molecule is CCN(CCO)C(=O)c1cnc2onc(C)c2c1. The Morgan fingerprint density at radius 3 is 3.00 bits per heavy atom. The van der Waals surface area contributed by atoms with Gasteiger partial charge in [0.2, 0.25) is 0 Å². The van der Waals surface area contributed by atoms with Crippen LogP contribution in [0.2, 0.25) is 0 Å². The molecule has 2 aromatic rings. The summed E-state index contributed by atoms with van der Waals surface area (Å²) in [5.41, 5.74) is 1.61. The average molecular weight is 249 g/mol. The lowest BCUT2D eigenvalue weighted by Crippen LogP contribution is -2.33. The molecule has 0 atom stereocenters. The van der Waals surface area contributed by atoms with E-state index in [2.05, 4.69) is 10.1 Å². The molecule has 18 heavy (non-hydrogen) atoms. The number of aromatic nitrogens is 2. The molecule has 6 nitrogen and oxygen atoms in total. The minimum atomic E-state index is -0.151. The van der Waals surface area contributed by atoms with Crippen LogP contribution >= 0.6 is 0 Å². The Balaban J connectivity index is 2.34. The van der Waals surface area contributed by atoms with Crippen molar-refractivity contribution in [1.82, 2.24) is 15.0 Å². The van der Waals surface area contributed by atoms with Crippen LogP contribution in [-0.2, 0) is 0 Å². The first-order valence-electron chi connectivity index (χ1n) is 5.79. The summed E-state index contributed by atoms with van der Waals surface area (Å²) in [7, 11) is 0. The zero-order chi connectivity index (χ0) is 13.1. The van der Waals surface area contributed by atoms with Gasteiger partial charge < -0.3 is 14.5 Å². The monoisotopic (exact) mass is 249 g/mol. The van der Waals surface area contributed by atoms with Crippen LogP contribution in [0.15, 0.2) is 16.8 Å². The van der Waals surface area contributed by atoms with Gasteiger partial charge in [-0.25, -0.2) is 4.98 Å². The van der Waals surface area contributed by atoms with Crippen molar-refractivity contribution in [3.05, 3.63) is 23.5 Å². The van der Waals surface area contributed by atoms with E-state index in [0.29, 0.717) is 30.1 Å². The molecule has 0 spiro atoms. The lowest BCUT2D eigenvalue weighted by atomic mass is 10.2. The molecule has 0 aliphatic carbocycles. The number of nitrogens with zero attached hydrogens (tertiary/aromatic N) is 3. The second-order valence-corrected chi connectivity index (χ2v) is 3.95. The first-order valence-corrected chi connectivity index (χ1v) is 5.79. The van der Waals surface area contributed by atoms with E-state index in [1.54, 1.807) is 17.9 Å². The molecular weight excluding hydrogens is 234 g/mol. The van der Waals surface area contributed by atoms with Crippen LogP contribution < -0.4 is 0 Å². The number of pyridine rings is 1. The molecule has 2 heterocycles. The van der Waals surface area contributed by atoms with E-state index in [0.717, 1.165) is 5.39 Å². The highest BCUT2D eigenvalue weighted by molar-refractivity contribution is 5.97. The Morgan fingerprint density at radius 1 is 1.56 bits per heavy atom. The Morgan fingerprint density at radius 2 is 2.33 bits per heavy atom. The van der Waals surface area contributed by atoms with Gasteiger partial charge in [-0.1, -0.05) is 5.16 Å². The van der Waals surface area contributed by atoms with Crippen molar-refractivity contribution in [2.75, 3.05) is 19.7 Å². The number of rotatable bonds is 4. The molecule has 6 heteroatoms. The Labute approximate surface area is 104 Å². The van der Waals surface area contributed by atoms with Crippen LogP contribution in [0.5, 0.6) is 0 Å². The fourth-order valence-corrected chi connectivity index (χ4v) is 1.77. The first kappa shape index (κ1) is 12.5. The third-order valence-electron chi connectivity index (χ3n) is 2.80. The van der Waals surface area contributed by atoms with Crippen LogP contribution in [-0.4, -0.2) is 45.8 Å². The van der Waals surface area contributed by atoms with Gasteiger partial charge in [0.25, 0.3) is 11.6 Å². The molecule has 2 aromatic heterocycles. The molecule has 1 N–H and O–H groups in total. The van der Waals surface area contributed by atoms with Gasteiger partial charge in [-0.2, -0.15) is 0 Å². The number of aliphatic hydroxyl groups is 1. The summed E-state index contributed by atoms with van der Waals surface area (Å²) in [4.78, 5) is 17.8. The van der Waals surface area contributed by atoms with Gasteiger partial charge in [-0.3, -0.25) is 4.79 Å². The van der Waals surface area contributed by atoms with Gasteiger partial charge in [0.1, 0.15) is 0 Å². The van der Waals surface area contributed by atoms with Crippen molar-refractivity contribution in [2.24, 2.45) is 0 Å². The Bertz CT molecular complexity index is 565. The van der Waals surface area contributed by atoms with E-state index in [1.165, 1.54) is 6.20 Å². The van der Waals surface area contributed by atoms with E-state index < -0.39 is 0 Å². The standard InChI is InChI=1S/C12H15N3O3/c1-3-15(4-5-16)12(17)9-6-10-8(2)14-18-11(10)13-7-9/h6-7,16H,3-5H2,1-2H3. The Hall–Kier alpha value is -1.95. The van der Waals surface area contributed by atoms with Gasteiger partial charge in [0, 0.05) is 19.3 Å². The molecule has 0 unspecified atom stereocenters. The van der Waals surface area contributed by atoms with Crippen molar-refractivity contribution in [1.29, 1.82) is 0 Å².